The monoisotopic (exact) mass is 239 g/mol. The first-order valence-corrected chi connectivity index (χ1v) is 6.58. The summed E-state index contributed by atoms with van der Waals surface area (Å²) in [5.74, 6) is 0.0994. The SMILES string of the molecule is CC(NC(=O)C1CCCCN1)c1nccs1. The van der Waals surface area contributed by atoms with Crippen LogP contribution in [0.3, 0.4) is 0 Å². The Morgan fingerprint density at radius 3 is 3.19 bits per heavy atom. The number of aromatic nitrogens is 1. The Morgan fingerprint density at radius 1 is 1.69 bits per heavy atom. The average Bonchev–Trinajstić information content (AvgIpc) is 2.83. The number of hydrogen-bond donors (Lipinski definition) is 2. The van der Waals surface area contributed by atoms with Crippen molar-refractivity contribution in [2.45, 2.75) is 38.3 Å². The van der Waals surface area contributed by atoms with Gasteiger partial charge in [0.25, 0.3) is 0 Å². The summed E-state index contributed by atoms with van der Waals surface area (Å²) in [5.41, 5.74) is 0. The van der Waals surface area contributed by atoms with E-state index >= 15 is 0 Å². The van der Waals surface area contributed by atoms with Gasteiger partial charge >= 0.3 is 0 Å². The van der Waals surface area contributed by atoms with Gasteiger partial charge in [-0.15, -0.1) is 11.3 Å². The molecule has 1 aliphatic heterocycles. The Labute approximate surface area is 99.5 Å². The van der Waals surface area contributed by atoms with Crippen LogP contribution < -0.4 is 10.6 Å². The molecule has 0 aliphatic carbocycles. The van der Waals surface area contributed by atoms with Crippen molar-refractivity contribution in [1.29, 1.82) is 0 Å². The minimum atomic E-state index is -0.0174. The Morgan fingerprint density at radius 2 is 2.56 bits per heavy atom. The largest absolute Gasteiger partial charge is 0.346 e. The van der Waals surface area contributed by atoms with E-state index in [0.29, 0.717) is 0 Å². The number of amides is 1. The lowest BCUT2D eigenvalue weighted by Gasteiger charge is -2.24. The Kier molecular flexibility index (Phi) is 3.90. The van der Waals surface area contributed by atoms with Crippen molar-refractivity contribution in [2.75, 3.05) is 6.54 Å². The van der Waals surface area contributed by atoms with E-state index in [4.69, 9.17) is 0 Å². The molecule has 1 aromatic heterocycles. The van der Waals surface area contributed by atoms with Gasteiger partial charge in [-0.3, -0.25) is 4.79 Å². The van der Waals surface area contributed by atoms with E-state index in [1.165, 1.54) is 6.42 Å². The van der Waals surface area contributed by atoms with E-state index in [0.717, 1.165) is 24.4 Å². The van der Waals surface area contributed by atoms with E-state index in [-0.39, 0.29) is 18.0 Å². The number of piperidine rings is 1. The molecule has 0 radical (unpaired) electrons. The maximum Gasteiger partial charge on any atom is 0.237 e. The summed E-state index contributed by atoms with van der Waals surface area (Å²) < 4.78 is 0. The zero-order valence-electron chi connectivity index (χ0n) is 9.40. The Hall–Kier alpha value is -0.940. The fraction of sp³-hybridized carbons (Fsp3) is 0.636. The molecule has 2 atom stereocenters. The second kappa shape index (κ2) is 5.41. The zero-order valence-corrected chi connectivity index (χ0v) is 10.2. The second-order valence-corrected chi connectivity index (χ2v) is 5.03. The molecule has 0 saturated carbocycles. The van der Waals surface area contributed by atoms with Crippen molar-refractivity contribution in [3.63, 3.8) is 0 Å². The van der Waals surface area contributed by atoms with E-state index < -0.39 is 0 Å². The number of nitrogens with one attached hydrogen (secondary N) is 2. The highest BCUT2D eigenvalue weighted by molar-refractivity contribution is 7.09. The first-order chi connectivity index (χ1) is 7.77. The fourth-order valence-electron chi connectivity index (χ4n) is 1.90. The molecule has 16 heavy (non-hydrogen) atoms. The minimum absolute atomic E-state index is 0.0104. The van der Waals surface area contributed by atoms with Gasteiger partial charge in [0.05, 0.1) is 12.1 Å². The van der Waals surface area contributed by atoms with Gasteiger partial charge in [-0.25, -0.2) is 4.98 Å². The van der Waals surface area contributed by atoms with E-state index in [2.05, 4.69) is 15.6 Å². The fourth-order valence-corrected chi connectivity index (χ4v) is 2.55. The number of hydrogen-bond acceptors (Lipinski definition) is 4. The molecule has 0 aromatic carbocycles. The van der Waals surface area contributed by atoms with Crippen molar-refractivity contribution in [1.82, 2.24) is 15.6 Å². The highest BCUT2D eigenvalue weighted by atomic mass is 32.1. The molecule has 1 aromatic rings. The molecule has 1 amide bonds. The molecule has 1 fully saturated rings. The summed E-state index contributed by atoms with van der Waals surface area (Å²) in [4.78, 5) is 16.1. The van der Waals surface area contributed by atoms with Gasteiger partial charge in [-0.05, 0) is 26.3 Å². The van der Waals surface area contributed by atoms with Crippen molar-refractivity contribution in [3.05, 3.63) is 16.6 Å². The van der Waals surface area contributed by atoms with Crippen LogP contribution in [0.4, 0.5) is 0 Å². The van der Waals surface area contributed by atoms with Crippen LogP contribution in [0.25, 0.3) is 0 Å². The van der Waals surface area contributed by atoms with Gasteiger partial charge in [-0.2, -0.15) is 0 Å². The van der Waals surface area contributed by atoms with Crippen LogP contribution in [0.1, 0.15) is 37.2 Å². The second-order valence-electron chi connectivity index (χ2n) is 4.10. The molecular formula is C11H17N3OS. The van der Waals surface area contributed by atoms with Crippen molar-refractivity contribution in [2.24, 2.45) is 0 Å². The molecule has 88 valence electrons. The van der Waals surface area contributed by atoms with Crippen LogP contribution in [-0.4, -0.2) is 23.5 Å². The number of carbonyl (C=O) groups excluding carboxylic acids is 1. The first kappa shape index (κ1) is 11.5. The maximum atomic E-state index is 11.9. The maximum absolute atomic E-state index is 11.9. The topological polar surface area (TPSA) is 54.0 Å². The first-order valence-electron chi connectivity index (χ1n) is 5.70. The number of thiazole rings is 1. The highest BCUT2D eigenvalue weighted by Crippen LogP contribution is 2.15. The molecule has 1 aliphatic rings. The molecule has 2 heterocycles. The Bertz CT molecular complexity index is 333. The smallest absolute Gasteiger partial charge is 0.237 e. The van der Waals surface area contributed by atoms with E-state index in [1.807, 2.05) is 12.3 Å². The van der Waals surface area contributed by atoms with Gasteiger partial charge in [0.2, 0.25) is 5.91 Å². The van der Waals surface area contributed by atoms with Gasteiger partial charge < -0.3 is 10.6 Å². The predicted octanol–water partition coefficient (Wildman–Crippen LogP) is 1.46. The number of rotatable bonds is 3. The lowest BCUT2D eigenvalue weighted by Crippen LogP contribution is -2.47. The van der Waals surface area contributed by atoms with Crippen LogP contribution in [0.15, 0.2) is 11.6 Å². The molecular weight excluding hydrogens is 222 g/mol. The molecule has 4 nitrogen and oxygen atoms in total. The molecule has 0 spiro atoms. The summed E-state index contributed by atoms with van der Waals surface area (Å²) in [6.45, 7) is 2.92. The third-order valence-corrected chi connectivity index (χ3v) is 3.77. The van der Waals surface area contributed by atoms with Gasteiger partial charge in [-0.1, -0.05) is 6.42 Å². The highest BCUT2D eigenvalue weighted by Gasteiger charge is 2.22. The van der Waals surface area contributed by atoms with E-state index in [1.54, 1.807) is 17.5 Å². The molecule has 1 saturated heterocycles. The lowest BCUT2D eigenvalue weighted by atomic mass is 10.0. The summed E-state index contributed by atoms with van der Waals surface area (Å²) in [6, 6.07) is -0.00705. The Balaban J connectivity index is 1.86. The standard InChI is InChI=1S/C11H17N3OS/c1-8(11-13-6-7-16-11)14-10(15)9-4-2-3-5-12-9/h6-9,12H,2-5H2,1H3,(H,14,15). The average molecular weight is 239 g/mol. The number of nitrogens with zero attached hydrogens (tertiary/aromatic N) is 1. The summed E-state index contributed by atoms with van der Waals surface area (Å²) in [7, 11) is 0. The molecule has 2 rings (SSSR count). The molecule has 2 N–H and O–H groups in total. The summed E-state index contributed by atoms with van der Waals surface area (Å²) in [6.07, 6.45) is 5.01. The van der Waals surface area contributed by atoms with Gasteiger partial charge in [0.1, 0.15) is 5.01 Å². The summed E-state index contributed by atoms with van der Waals surface area (Å²) >= 11 is 1.57. The molecule has 2 unspecified atom stereocenters. The minimum Gasteiger partial charge on any atom is -0.346 e. The van der Waals surface area contributed by atoms with Crippen LogP contribution in [0.2, 0.25) is 0 Å². The summed E-state index contributed by atoms with van der Waals surface area (Å²) in [5, 5.41) is 9.13. The van der Waals surface area contributed by atoms with Gasteiger partial charge in [0.15, 0.2) is 0 Å². The zero-order chi connectivity index (χ0) is 11.4. The number of carbonyl (C=O) groups is 1. The third kappa shape index (κ3) is 2.80. The third-order valence-electron chi connectivity index (χ3n) is 2.81. The predicted molar refractivity (Wildman–Crippen MR) is 64.3 cm³/mol. The van der Waals surface area contributed by atoms with Gasteiger partial charge in [0, 0.05) is 11.6 Å². The van der Waals surface area contributed by atoms with Crippen LogP contribution in [-0.2, 0) is 4.79 Å². The quantitative estimate of drug-likeness (QED) is 0.839. The van der Waals surface area contributed by atoms with Crippen molar-refractivity contribution in [3.8, 4) is 0 Å². The molecule has 5 heteroatoms. The lowest BCUT2D eigenvalue weighted by molar-refractivity contribution is -0.124. The van der Waals surface area contributed by atoms with Crippen LogP contribution in [0, 0.1) is 0 Å². The van der Waals surface area contributed by atoms with E-state index in [9.17, 15) is 4.79 Å². The van der Waals surface area contributed by atoms with Crippen LogP contribution in [0.5, 0.6) is 0 Å². The van der Waals surface area contributed by atoms with Crippen molar-refractivity contribution >= 4 is 17.2 Å². The normalized spacial score (nSPS) is 22.7. The van der Waals surface area contributed by atoms with Crippen LogP contribution >= 0.6 is 11.3 Å². The molecule has 0 bridgehead atoms. The van der Waals surface area contributed by atoms with Crippen molar-refractivity contribution < 1.29 is 4.79 Å².